The highest BCUT2D eigenvalue weighted by Crippen LogP contribution is 2.47. The lowest BCUT2D eigenvalue weighted by molar-refractivity contribution is -0.220. The number of aliphatic hydroxyl groups excluding tert-OH is 6. The van der Waals surface area contributed by atoms with Crippen LogP contribution in [0.15, 0.2) is 48.6 Å². The first kappa shape index (κ1) is 55.8. The molecule has 0 spiro atoms. The van der Waals surface area contributed by atoms with Crippen LogP contribution in [0.4, 0.5) is 0 Å². The van der Waals surface area contributed by atoms with Crippen LogP contribution < -0.4 is 0 Å². The van der Waals surface area contributed by atoms with Crippen molar-refractivity contribution in [2.75, 3.05) is 13.2 Å². The fourth-order valence-electron chi connectivity index (χ4n) is 6.59. The zero-order chi connectivity index (χ0) is 44.4. The van der Waals surface area contributed by atoms with Crippen molar-refractivity contribution in [3.05, 3.63) is 48.6 Å². The lowest BCUT2D eigenvalue weighted by Crippen LogP contribution is -2.64. The second-order valence-electron chi connectivity index (χ2n) is 15.7. The van der Waals surface area contributed by atoms with Crippen LogP contribution in [-0.4, -0.2) is 110 Å². The van der Waals surface area contributed by atoms with E-state index < -0.39 is 75.7 Å². The molecule has 0 aliphatic heterocycles. The van der Waals surface area contributed by atoms with E-state index in [1.54, 1.807) is 0 Å². The van der Waals surface area contributed by atoms with Gasteiger partial charge in [-0.15, -0.1) is 0 Å². The first-order valence-corrected chi connectivity index (χ1v) is 24.0. The maximum Gasteiger partial charge on any atom is 0.472 e. The Labute approximate surface area is 359 Å². The van der Waals surface area contributed by atoms with Gasteiger partial charge in [0, 0.05) is 12.8 Å². The molecule has 1 rings (SSSR count). The Kier molecular flexibility index (Phi) is 32.8. The normalized spacial score (nSPS) is 23.1. The van der Waals surface area contributed by atoms with E-state index in [2.05, 4.69) is 38.2 Å². The summed E-state index contributed by atoms with van der Waals surface area (Å²) in [6.07, 6.45) is 23.8. The summed E-state index contributed by atoms with van der Waals surface area (Å²) in [6, 6.07) is 0. The molecule has 1 aliphatic carbocycles. The zero-order valence-corrected chi connectivity index (χ0v) is 37.2. The van der Waals surface area contributed by atoms with E-state index in [1.165, 1.54) is 57.8 Å². The number of carbonyl (C=O) groups excluding carboxylic acids is 2. The number of rotatable bonds is 36. The summed E-state index contributed by atoms with van der Waals surface area (Å²) in [5, 5.41) is 59.8. The molecule has 0 aromatic carbocycles. The van der Waals surface area contributed by atoms with E-state index in [1.807, 2.05) is 24.3 Å². The standard InChI is InChI=1S/C45H79O14P/c1-3-5-6-7-8-9-10-12-16-19-22-25-28-32-38(47)56-34-37(35-57-60(54,55)59-45-43(52)41(50)40(49)42(51)44(45)53)58-39(48)33-29-26-23-20-17-14-11-13-15-18-21-24-27-31-36(46)30-4-2/h11,14-15,18,20,23-24,27,36-37,40-46,49-53H,3-10,12-13,16-17,19,21-22,25-26,28-35H2,1-2H3,(H,54,55)/b14-11-,18-15-,23-20-,27-24-/t36?,37-,40?,41-,42+,43-,44-,45?/m1/s1. The predicted molar refractivity (Wildman–Crippen MR) is 232 cm³/mol. The summed E-state index contributed by atoms with van der Waals surface area (Å²) in [7, 11) is -5.14. The average molecular weight is 875 g/mol. The number of unbranched alkanes of at least 4 members (excludes halogenated alkanes) is 13. The van der Waals surface area contributed by atoms with Gasteiger partial charge in [-0.2, -0.15) is 0 Å². The van der Waals surface area contributed by atoms with E-state index in [9.17, 15) is 49.7 Å². The summed E-state index contributed by atoms with van der Waals surface area (Å²) in [4.78, 5) is 35.6. The summed E-state index contributed by atoms with van der Waals surface area (Å²) in [6.45, 7) is 3.04. The third-order valence-electron chi connectivity index (χ3n) is 10.2. The van der Waals surface area contributed by atoms with Crippen LogP contribution in [0.2, 0.25) is 0 Å². The second kappa shape index (κ2) is 35.3. The van der Waals surface area contributed by atoms with Gasteiger partial charge in [0.1, 0.15) is 43.2 Å². The average Bonchev–Trinajstić information content (AvgIpc) is 3.22. The number of carbonyl (C=O) groups is 2. The van der Waals surface area contributed by atoms with Gasteiger partial charge in [0.15, 0.2) is 6.10 Å². The Morgan fingerprint density at radius 3 is 1.58 bits per heavy atom. The number of hydrogen-bond acceptors (Lipinski definition) is 13. The number of hydrogen-bond donors (Lipinski definition) is 7. The molecule has 0 aromatic heterocycles. The van der Waals surface area contributed by atoms with Crippen LogP contribution in [0.3, 0.4) is 0 Å². The van der Waals surface area contributed by atoms with Crippen molar-refractivity contribution in [3.63, 3.8) is 0 Å². The fraction of sp³-hybridized carbons (Fsp3) is 0.778. The molecule has 0 bridgehead atoms. The van der Waals surface area contributed by atoms with Crippen molar-refractivity contribution in [3.8, 4) is 0 Å². The van der Waals surface area contributed by atoms with Crippen molar-refractivity contribution in [1.82, 2.24) is 0 Å². The number of phosphoric ester groups is 1. The number of ether oxygens (including phenoxy) is 2. The van der Waals surface area contributed by atoms with Crippen LogP contribution in [-0.2, 0) is 32.7 Å². The first-order valence-electron chi connectivity index (χ1n) is 22.5. The quantitative estimate of drug-likeness (QED) is 0.0141. The Bertz CT molecular complexity index is 1260. The van der Waals surface area contributed by atoms with Gasteiger partial charge >= 0.3 is 19.8 Å². The van der Waals surface area contributed by atoms with Crippen molar-refractivity contribution in [2.45, 2.75) is 210 Å². The molecular weight excluding hydrogens is 795 g/mol. The van der Waals surface area contributed by atoms with Gasteiger partial charge < -0.3 is 45.0 Å². The van der Waals surface area contributed by atoms with Crippen molar-refractivity contribution in [1.29, 1.82) is 0 Å². The molecule has 1 saturated carbocycles. The largest absolute Gasteiger partial charge is 0.472 e. The van der Waals surface area contributed by atoms with Crippen molar-refractivity contribution in [2.24, 2.45) is 0 Å². The Morgan fingerprint density at radius 2 is 1.05 bits per heavy atom. The van der Waals surface area contributed by atoms with E-state index in [-0.39, 0.29) is 18.9 Å². The molecule has 0 radical (unpaired) electrons. The Morgan fingerprint density at radius 1 is 0.583 bits per heavy atom. The van der Waals surface area contributed by atoms with Crippen molar-refractivity contribution >= 4 is 19.8 Å². The molecule has 1 aliphatic rings. The molecule has 4 unspecified atom stereocenters. The van der Waals surface area contributed by atoms with Crippen molar-refractivity contribution < 1.29 is 68.2 Å². The van der Waals surface area contributed by atoms with Gasteiger partial charge in [-0.25, -0.2) is 4.57 Å². The summed E-state index contributed by atoms with van der Waals surface area (Å²) >= 11 is 0. The summed E-state index contributed by atoms with van der Waals surface area (Å²) in [5.41, 5.74) is 0. The van der Waals surface area contributed by atoms with Gasteiger partial charge in [0.2, 0.25) is 0 Å². The highest BCUT2D eigenvalue weighted by Gasteiger charge is 2.51. The predicted octanol–water partition coefficient (Wildman–Crippen LogP) is 7.36. The Balaban J connectivity index is 2.53. The lowest BCUT2D eigenvalue weighted by Gasteiger charge is -2.41. The molecule has 0 heterocycles. The highest BCUT2D eigenvalue weighted by atomic mass is 31.2. The number of aliphatic hydroxyl groups is 6. The molecule has 0 saturated heterocycles. The van der Waals surface area contributed by atoms with E-state index in [4.69, 9.17) is 18.5 Å². The maximum absolute atomic E-state index is 12.8. The molecule has 1 fully saturated rings. The first-order chi connectivity index (χ1) is 28.8. The number of phosphoric acid groups is 1. The Hall–Kier alpha value is -2.23. The van der Waals surface area contributed by atoms with Crippen LogP contribution in [0.5, 0.6) is 0 Å². The minimum Gasteiger partial charge on any atom is -0.462 e. The third kappa shape index (κ3) is 27.7. The minimum absolute atomic E-state index is 0.00619. The van der Waals surface area contributed by atoms with Gasteiger partial charge in [-0.05, 0) is 51.4 Å². The molecule has 15 heteroatoms. The van der Waals surface area contributed by atoms with Crippen LogP contribution >= 0.6 is 7.82 Å². The minimum atomic E-state index is -5.14. The zero-order valence-electron chi connectivity index (χ0n) is 36.4. The molecule has 348 valence electrons. The van der Waals surface area contributed by atoms with Gasteiger partial charge in [-0.3, -0.25) is 18.6 Å². The van der Waals surface area contributed by atoms with Crippen LogP contribution in [0.1, 0.15) is 162 Å². The third-order valence-corrected chi connectivity index (χ3v) is 11.2. The van der Waals surface area contributed by atoms with Gasteiger partial charge in [0.05, 0.1) is 12.7 Å². The SMILES string of the molecule is CCCCCCCCCCCCCCCC(=O)OC[C@H](COP(=O)(O)OC1[C@H](O)[C@H](O)C(O)[C@H](O)[C@H]1O)OC(=O)CCC/C=C\C/C=C\C/C=C\C/C=C\CC(O)CCC. The van der Waals surface area contributed by atoms with E-state index >= 15 is 0 Å². The maximum atomic E-state index is 12.8. The van der Waals surface area contributed by atoms with Gasteiger partial charge in [0.25, 0.3) is 0 Å². The van der Waals surface area contributed by atoms with Gasteiger partial charge in [-0.1, -0.05) is 146 Å². The topological polar surface area (TPSA) is 230 Å². The summed E-state index contributed by atoms with van der Waals surface area (Å²) in [5.74, 6) is -1.19. The van der Waals surface area contributed by atoms with Crippen LogP contribution in [0, 0.1) is 0 Å². The second-order valence-corrected chi connectivity index (χ2v) is 17.1. The monoisotopic (exact) mass is 875 g/mol. The molecule has 0 aromatic rings. The number of esters is 2. The molecular formula is C45H79O14P. The smallest absolute Gasteiger partial charge is 0.462 e. The molecule has 7 N–H and O–H groups in total. The summed E-state index contributed by atoms with van der Waals surface area (Å²) < 4.78 is 33.4. The fourth-order valence-corrected chi connectivity index (χ4v) is 7.56. The van der Waals surface area contributed by atoms with E-state index in [0.717, 1.165) is 51.4 Å². The molecule has 9 atom stereocenters. The van der Waals surface area contributed by atoms with E-state index in [0.29, 0.717) is 25.7 Å². The molecule has 60 heavy (non-hydrogen) atoms. The lowest BCUT2D eigenvalue weighted by atomic mass is 9.85. The number of allylic oxidation sites excluding steroid dienone is 7. The highest BCUT2D eigenvalue weighted by molar-refractivity contribution is 7.47. The van der Waals surface area contributed by atoms with Crippen LogP contribution in [0.25, 0.3) is 0 Å². The molecule has 0 amide bonds. The molecule has 14 nitrogen and oxygen atoms in total.